The topological polar surface area (TPSA) is 118 Å². The lowest BCUT2D eigenvalue weighted by atomic mass is 9.78. The Morgan fingerprint density at radius 1 is 1.18 bits per heavy atom. The lowest BCUT2D eigenvalue weighted by Gasteiger charge is -2.31. The fourth-order valence-electron chi connectivity index (χ4n) is 3.74. The highest BCUT2D eigenvalue weighted by Gasteiger charge is 2.44. The molecule has 0 aromatic heterocycles. The summed E-state index contributed by atoms with van der Waals surface area (Å²) in [7, 11) is 2.57. The Kier molecular flexibility index (Phi) is 9.50. The normalized spacial score (nSPS) is 17.4. The molecule has 14 heteroatoms. The number of hydrogen-bond acceptors (Lipinski definition) is 7. The summed E-state index contributed by atoms with van der Waals surface area (Å²) < 4.78 is 50.9. The molecule has 3 rings (SSSR count). The first kappa shape index (κ1) is 29.5. The van der Waals surface area contributed by atoms with E-state index in [4.69, 9.17) is 9.47 Å². The number of carbonyl (C=O) groups is 3. The minimum absolute atomic E-state index is 0.00315. The van der Waals surface area contributed by atoms with Crippen LogP contribution in [0.4, 0.5) is 18.9 Å². The van der Waals surface area contributed by atoms with Gasteiger partial charge < -0.3 is 20.1 Å². The number of rotatable bonds is 7. The molecule has 38 heavy (non-hydrogen) atoms. The molecule has 2 aromatic carbocycles. The molecule has 0 aliphatic carbocycles. The number of nitriles is 1. The lowest BCUT2D eigenvalue weighted by Crippen LogP contribution is -2.44. The zero-order valence-corrected chi connectivity index (χ0v) is 23.6. The van der Waals surface area contributed by atoms with Crippen molar-refractivity contribution in [2.45, 2.75) is 12.1 Å². The zero-order chi connectivity index (χ0) is 28.2. The fourth-order valence-corrected chi connectivity index (χ4v) is 5.51. The predicted octanol–water partition coefficient (Wildman–Crippen LogP) is 5.35. The second-order valence-electron chi connectivity index (χ2n) is 7.74. The number of nitrogens with zero attached hydrogens (tertiary/aromatic N) is 1. The van der Waals surface area contributed by atoms with Gasteiger partial charge in [-0.3, -0.25) is 14.4 Å². The first-order chi connectivity index (χ1) is 17.9. The number of carbonyl (C=O) groups excluding carboxylic acids is 3. The molecule has 0 saturated heterocycles. The summed E-state index contributed by atoms with van der Waals surface area (Å²) in [5, 5.41) is 14.7. The van der Waals surface area contributed by atoms with E-state index in [0.717, 1.165) is 31.0 Å². The van der Waals surface area contributed by atoms with Gasteiger partial charge in [0.2, 0.25) is 11.8 Å². The van der Waals surface area contributed by atoms with E-state index in [1.165, 1.54) is 13.2 Å². The van der Waals surface area contributed by atoms with Crippen LogP contribution in [0, 0.1) is 17.2 Å². The minimum atomic E-state index is -4.71. The molecule has 0 unspecified atom stereocenters. The third kappa shape index (κ3) is 6.51. The molecule has 200 valence electrons. The molecule has 0 saturated carbocycles. The summed E-state index contributed by atoms with van der Waals surface area (Å²) >= 11 is 7.07. The fraction of sp³-hybridized carbons (Fsp3) is 0.250. The Labute approximate surface area is 236 Å². The number of alkyl halides is 3. The van der Waals surface area contributed by atoms with E-state index in [-0.39, 0.29) is 15.1 Å². The van der Waals surface area contributed by atoms with Crippen molar-refractivity contribution in [1.82, 2.24) is 5.32 Å². The number of amides is 2. The first-order valence-electron chi connectivity index (χ1n) is 10.6. The molecule has 1 aliphatic rings. The first-order valence-corrected chi connectivity index (χ1v) is 13.1. The van der Waals surface area contributed by atoms with Gasteiger partial charge >= 0.3 is 12.1 Å². The Balaban J connectivity index is 1.93. The van der Waals surface area contributed by atoms with Gasteiger partial charge in [0.25, 0.3) is 0 Å². The van der Waals surface area contributed by atoms with Crippen molar-refractivity contribution >= 4 is 67.1 Å². The monoisotopic (exact) mass is 675 g/mol. The molecule has 2 N–H and O–H groups in total. The van der Waals surface area contributed by atoms with E-state index < -0.39 is 52.8 Å². The molecule has 2 aromatic rings. The van der Waals surface area contributed by atoms with Gasteiger partial charge in [-0.05, 0) is 51.8 Å². The molecule has 2 amide bonds. The SMILES string of the molecule is COC(=O)[C@@H]1C(=O)NC(SCC(=O)Nc2ccc(Br)cc2C(F)(F)F)=C(C#N)[C@@H]1c1ccc(OC)c(Br)c1. The van der Waals surface area contributed by atoms with Gasteiger partial charge in [0.15, 0.2) is 0 Å². The largest absolute Gasteiger partial charge is 0.496 e. The molecule has 0 bridgehead atoms. The van der Waals surface area contributed by atoms with Crippen molar-refractivity contribution in [1.29, 1.82) is 5.26 Å². The smallest absolute Gasteiger partial charge is 0.418 e. The summed E-state index contributed by atoms with van der Waals surface area (Å²) in [6.07, 6.45) is -4.71. The molecule has 2 atom stereocenters. The summed E-state index contributed by atoms with van der Waals surface area (Å²) in [6, 6.07) is 10.1. The molecule has 0 radical (unpaired) electrons. The number of anilines is 1. The average molecular weight is 677 g/mol. The quantitative estimate of drug-likeness (QED) is 0.300. The second-order valence-corrected chi connectivity index (χ2v) is 10.5. The number of ether oxygens (including phenoxy) is 2. The van der Waals surface area contributed by atoms with Crippen molar-refractivity contribution < 1.29 is 37.0 Å². The van der Waals surface area contributed by atoms with Crippen LogP contribution in [0.5, 0.6) is 5.75 Å². The number of halogens is 5. The Hall–Kier alpha value is -3.02. The summed E-state index contributed by atoms with van der Waals surface area (Å²) in [5.74, 6) is -4.85. The van der Waals surface area contributed by atoms with Crippen molar-refractivity contribution in [2.75, 3.05) is 25.3 Å². The minimum Gasteiger partial charge on any atom is -0.496 e. The van der Waals surface area contributed by atoms with E-state index in [2.05, 4.69) is 42.5 Å². The van der Waals surface area contributed by atoms with Gasteiger partial charge in [-0.1, -0.05) is 33.8 Å². The summed E-state index contributed by atoms with van der Waals surface area (Å²) in [5.41, 5.74) is -1.08. The maximum Gasteiger partial charge on any atom is 0.418 e. The Morgan fingerprint density at radius 2 is 1.89 bits per heavy atom. The van der Waals surface area contributed by atoms with Gasteiger partial charge in [0.1, 0.15) is 11.7 Å². The molecule has 0 spiro atoms. The number of methoxy groups -OCH3 is 2. The predicted molar refractivity (Wildman–Crippen MR) is 140 cm³/mol. The van der Waals surface area contributed by atoms with Crippen LogP contribution in [-0.2, 0) is 25.3 Å². The maximum absolute atomic E-state index is 13.4. The second kappa shape index (κ2) is 12.2. The van der Waals surface area contributed by atoms with Crippen LogP contribution in [0.25, 0.3) is 0 Å². The molecule has 8 nitrogen and oxygen atoms in total. The lowest BCUT2D eigenvalue weighted by molar-refractivity contribution is -0.150. The third-order valence-corrected chi connectivity index (χ3v) is 7.56. The van der Waals surface area contributed by atoms with E-state index in [9.17, 15) is 32.8 Å². The van der Waals surface area contributed by atoms with E-state index >= 15 is 0 Å². The van der Waals surface area contributed by atoms with Crippen molar-refractivity contribution in [3.05, 3.63) is 67.1 Å². The van der Waals surface area contributed by atoms with Crippen molar-refractivity contribution in [3.8, 4) is 11.8 Å². The zero-order valence-electron chi connectivity index (χ0n) is 19.6. The number of benzene rings is 2. The van der Waals surface area contributed by atoms with Crippen LogP contribution in [0.1, 0.15) is 17.0 Å². The number of nitrogens with one attached hydrogen (secondary N) is 2. The van der Waals surface area contributed by atoms with Gasteiger partial charge in [-0.2, -0.15) is 18.4 Å². The van der Waals surface area contributed by atoms with Crippen LogP contribution in [0.3, 0.4) is 0 Å². The van der Waals surface area contributed by atoms with Crippen molar-refractivity contribution in [2.24, 2.45) is 5.92 Å². The van der Waals surface area contributed by atoms with Crippen LogP contribution >= 0.6 is 43.6 Å². The molecule has 0 fully saturated rings. The maximum atomic E-state index is 13.4. The number of allylic oxidation sites excluding steroid dienone is 1. The highest BCUT2D eigenvalue weighted by atomic mass is 79.9. The van der Waals surface area contributed by atoms with Gasteiger partial charge in [-0.15, -0.1) is 0 Å². The summed E-state index contributed by atoms with van der Waals surface area (Å²) in [4.78, 5) is 38.0. The van der Waals surface area contributed by atoms with E-state index in [1.54, 1.807) is 18.2 Å². The molecular weight excluding hydrogens is 659 g/mol. The van der Waals surface area contributed by atoms with Crippen LogP contribution in [0.2, 0.25) is 0 Å². The highest BCUT2D eigenvalue weighted by molar-refractivity contribution is 9.10. The molecule has 1 heterocycles. The van der Waals surface area contributed by atoms with Gasteiger partial charge in [0, 0.05) is 10.4 Å². The summed E-state index contributed by atoms with van der Waals surface area (Å²) in [6.45, 7) is 0. The van der Waals surface area contributed by atoms with E-state index in [0.29, 0.717) is 15.8 Å². The van der Waals surface area contributed by atoms with E-state index in [1.807, 2.05) is 6.07 Å². The molecule has 1 aliphatic heterocycles. The standard InChI is InChI=1S/C24H18Br2F3N3O5S/c1-36-17-6-3-11(7-15(17)26)19-13(9-30)22(32-21(34)20(19)23(35)37-2)38-10-18(33)31-16-5-4-12(25)8-14(16)24(27,28)29/h3-8,19-20H,10H2,1-2H3,(H,31,33)(H,32,34)/t19-,20-/m0/s1. The van der Waals surface area contributed by atoms with Crippen LogP contribution in [0.15, 0.2) is 55.9 Å². The van der Waals surface area contributed by atoms with Gasteiger partial charge in [-0.25, -0.2) is 0 Å². The van der Waals surface area contributed by atoms with Crippen molar-refractivity contribution in [3.63, 3.8) is 0 Å². The Bertz CT molecular complexity index is 1360. The highest BCUT2D eigenvalue weighted by Crippen LogP contribution is 2.42. The Morgan fingerprint density at radius 3 is 2.47 bits per heavy atom. The van der Waals surface area contributed by atoms with Crippen LogP contribution < -0.4 is 15.4 Å². The van der Waals surface area contributed by atoms with Gasteiger partial charge in [0.05, 0.1) is 52.4 Å². The number of thioether (sulfide) groups is 1. The van der Waals surface area contributed by atoms with Crippen LogP contribution in [-0.4, -0.2) is 37.8 Å². The number of hydrogen-bond donors (Lipinski definition) is 2. The number of esters is 1. The average Bonchev–Trinajstić information content (AvgIpc) is 2.86. The molecular formula is C24H18Br2F3N3O5S. The third-order valence-electron chi connectivity index (χ3n) is 5.43.